The van der Waals surface area contributed by atoms with Crippen LogP contribution in [0.5, 0.6) is 0 Å². The molecule has 2 aromatic rings. The van der Waals surface area contributed by atoms with E-state index in [9.17, 15) is 19.5 Å². The first-order chi connectivity index (χ1) is 13.5. The first-order valence-corrected chi connectivity index (χ1v) is 9.48. The number of aliphatic carboxylic acids is 1. The summed E-state index contributed by atoms with van der Waals surface area (Å²) in [6, 6.07) is 15.4. The number of nitrogens with one attached hydrogen (secondary N) is 2. The smallest absolute Gasteiger partial charge is 0.311 e. The number of carbonyl (C=O) groups excluding carboxylic acids is 2. The largest absolute Gasteiger partial charge is 0.481 e. The van der Waals surface area contributed by atoms with Crippen molar-refractivity contribution in [2.24, 2.45) is 5.41 Å². The van der Waals surface area contributed by atoms with Gasteiger partial charge < -0.3 is 15.7 Å². The van der Waals surface area contributed by atoms with Gasteiger partial charge in [-0.15, -0.1) is 0 Å². The maximum atomic E-state index is 12.4. The molecule has 3 N–H and O–H groups in total. The molecule has 6 heteroatoms. The predicted molar refractivity (Wildman–Crippen MR) is 106 cm³/mol. The number of hydrogen-bond donors (Lipinski definition) is 3. The molecule has 28 heavy (non-hydrogen) atoms. The van der Waals surface area contributed by atoms with E-state index < -0.39 is 11.4 Å². The van der Waals surface area contributed by atoms with Crippen molar-refractivity contribution in [1.29, 1.82) is 0 Å². The monoisotopic (exact) mass is 380 g/mol. The molecule has 1 saturated carbocycles. The number of carboxylic acids is 1. The number of benzene rings is 2. The summed E-state index contributed by atoms with van der Waals surface area (Å²) in [4.78, 5) is 36.3. The van der Waals surface area contributed by atoms with Crippen LogP contribution in [0.3, 0.4) is 0 Å². The Labute approximate surface area is 164 Å². The van der Waals surface area contributed by atoms with Gasteiger partial charge in [0.05, 0.1) is 5.41 Å². The third-order valence-corrected chi connectivity index (χ3v) is 5.29. The third kappa shape index (κ3) is 4.57. The molecular weight excluding hydrogens is 356 g/mol. The van der Waals surface area contributed by atoms with Crippen molar-refractivity contribution < 1.29 is 19.5 Å². The maximum Gasteiger partial charge on any atom is 0.311 e. The molecule has 1 aliphatic rings. The minimum absolute atomic E-state index is 0.133. The molecule has 0 aliphatic heterocycles. The average Bonchev–Trinajstić information content (AvgIpc) is 2.73. The van der Waals surface area contributed by atoms with Crippen LogP contribution in [-0.4, -0.2) is 29.4 Å². The zero-order chi connectivity index (χ0) is 20.0. The summed E-state index contributed by atoms with van der Waals surface area (Å²) < 4.78 is 0. The van der Waals surface area contributed by atoms with E-state index in [4.69, 9.17) is 0 Å². The van der Waals surface area contributed by atoms with E-state index >= 15 is 0 Å². The topological polar surface area (TPSA) is 95.5 Å². The molecule has 0 saturated heterocycles. The van der Waals surface area contributed by atoms with Crippen LogP contribution in [0.15, 0.2) is 54.6 Å². The van der Waals surface area contributed by atoms with Crippen molar-refractivity contribution in [3.05, 3.63) is 65.7 Å². The first-order valence-electron chi connectivity index (χ1n) is 9.48. The number of rotatable bonds is 6. The normalized spacial score (nSPS) is 15.4. The Morgan fingerprint density at radius 1 is 0.821 bits per heavy atom. The zero-order valence-electron chi connectivity index (χ0n) is 15.6. The van der Waals surface area contributed by atoms with E-state index in [0.717, 1.165) is 19.3 Å². The van der Waals surface area contributed by atoms with Gasteiger partial charge in [0.25, 0.3) is 11.8 Å². The lowest BCUT2D eigenvalue weighted by Crippen LogP contribution is -2.44. The molecule has 1 aliphatic carbocycles. The van der Waals surface area contributed by atoms with Gasteiger partial charge in [-0.1, -0.05) is 37.5 Å². The Kier molecular flexibility index (Phi) is 6.09. The van der Waals surface area contributed by atoms with Crippen molar-refractivity contribution in [1.82, 2.24) is 5.32 Å². The van der Waals surface area contributed by atoms with Crippen LogP contribution >= 0.6 is 0 Å². The average molecular weight is 380 g/mol. The maximum absolute atomic E-state index is 12.4. The number of carbonyl (C=O) groups is 3. The molecule has 3 rings (SSSR count). The fourth-order valence-electron chi connectivity index (χ4n) is 3.54. The summed E-state index contributed by atoms with van der Waals surface area (Å²) in [7, 11) is 0. The molecule has 0 unspecified atom stereocenters. The molecule has 0 aromatic heterocycles. The molecule has 146 valence electrons. The van der Waals surface area contributed by atoms with E-state index in [0.29, 0.717) is 29.7 Å². The van der Waals surface area contributed by atoms with Gasteiger partial charge in [0.15, 0.2) is 0 Å². The predicted octanol–water partition coefficient (Wildman–Crippen LogP) is 3.70. The fraction of sp³-hybridized carbons (Fsp3) is 0.318. The lowest BCUT2D eigenvalue weighted by Gasteiger charge is -2.33. The quantitative estimate of drug-likeness (QED) is 0.712. The van der Waals surface area contributed by atoms with Gasteiger partial charge in [-0.3, -0.25) is 14.4 Å². The minimum Gasteiger partial charge on any atom is -0.481 e. The SMILES string of the molecule is O=C(NCC1(C(=O)O)CCCCC1)c1ccc(NC(=O)c2ccccc2)cc1. The summed E-state index contributed by atoms with van der Waals surface area (Å²) in [6.07, 6.45) is 3.97. The standard InChI is InChI=1S/C22H24N2O4/c25-19(23-15-22(21(27)28)13-5-2-6-14-22)17-9-11-18(12-10-17)24-20(26)16-7-3-1-4-8-16/h1,3-4,7-12H,2,5-6,13-15H2,(H,23,25)(H,24,26)(H,27,28). The molecule has 0 bridgehead atoms. The van der Waals surface area contributed by atoms with E-state index in [1.807, 2.05) is 6.07 Å². The molecule has 2 aromatic carbocycles. The van der Waals surface area contributed by atoms with Gasteiger partial charge in [0.1, 0.15) is 0 Å². The molecule has 6 nitrogen and oxygen atoms in total. The summed E-state index contributed by atoms with van der Waals surface area (Å²) in [6.45, 7) is 0.133. The Morgan fingerprint density at radius 2 is 1.43 bits per heavy atom. The molecule has 2 amide bonds. The van der Waals surface area contributed by atoms with Crippen LogP contribution in [0, 0.1) is 5.41 Å². The summed E-state index contributed by atoms with van der Waals surface area (Å²) in [5.41, 5.74) is 0.696. The summed E-state index contributed by atoms with van der Waals surface area (Å²) in [5, 5.41) is 15.1. The van der Waals surface area contributed by atoms with Crippen LogP contribution in [0.2, 0.25) is 0 Å². The minimum atomic E-state index is -0.864. The second-order valence-corrected chi connectivity index (χ2v) is 7.23. The van der Waals surface area contributed by atoms with Crippen molar-refractivity contribution in [3.8, 4) is 0 Å². The zero-order valence-corrected chi connectivity index (χ0v) is 15.6. The number of hydrogen-bond acceptors (Lipinski definition) is 3. The fourth-order valence-corrected chi connectivity index (χ4v) is 3.54. The van der Waals surface area contributed by atoms with Crippen LogP contribution in [-0.2, 0) is 4.79 Å². The van der Waals surface area contributed by atoms with Crippen LogP contribution in [0.25, 0.3) is 0 Å². The molecule has 0 heterocycles. The first kappa shape index (κ1) is 19.6. The van der Waals surface area contributed by atoms with Crippen molar-refractivity contribution >= 4 is 23.5 Å². The highest BCUT2D eigenvalue weighted by molar-refractivity contribution is 6.04. The Morgan fingerprint density at radius 3 is 2.04 bits per heavy atom. The van der Waals surface area contributed by atoms with Gasteiger partial charge in [0, 0.05) is 23.4 Å². The van der Waals surface area contributed by atoms with Crippen LogP contribution in [0.4, 0.5) is 5.69 Å². The van der Waals surface area contributed by atoms with Gasteiger partial charge in [0.2, 0.25) is 0 Å². The Bertz CT molecular complexity index is 841. The number of amides is 2. The second kappa shape index (κ2) is 8.69. The number of anilines is 1. The van der Waals surface area contributed by atoms with Crippen molar-refractivity contribution in [2.75, 3.05) is 11.9 Å². The van der Waals surface area contributed by atoms with Crippen molar-refractivity contribution in [2.45, 2.75) is 32.1 Å². The van der Waals surface area contributed by atoms with Crippen LogP contribution in [0.1, 0.15) is 52.8 Å². The van der Waals surface area contributed by atoms with Gasteiger partial charge in [-0.2, -0.15) is 0 Å². The van der Waals surface area contributed by atoms with Gasteiger partial charge in [-0.05, 0) is 49.2 Å². The third-order valence-electron chi connectivity index (χ3n) is 5.29. The highest BCUT2D eigenvalue weighted by atomic mass is 16.4. The molecule has 0 atom stereocenters. The van der Waals surface area contributed by atoms with E-state index in [1.165, 1.54) is 0 Å². The summed E-state index contributed by atoms with van der Waals surface area (Å²) in [5.74, 6) is -1.38. The van der Waals surface area contributed by atoms with Gasteiger partial charge >= 0.3 is 5.97 Å². The van der Waals surface area contributed by atoms with E-state index in [1.54, 1.807) is 48.5 Å². The second-order valence-electron chi connectivity index (χ2n) is 7.23. The van der Waals surface area contributed by atoms with Crippen molar-refractivity contribution in [3.63, 3.8) is 0 Å². The van der Waals surface area contributed by atoms with Crippen LogP contribution < -0.4 is 10.6 Å². The number of carboxylic acid groups (broad SMARTS) is 1. The Balaban J connectivity index is 1.59. The van der Waals surface area contributed by atoms with E-state index in [2.05, 4.69) is 10.6 Å². The van der Waals surface area contributed by atoms with Gasteiger partial charge in [-0.25, -0.2) is 0 Å². The summed E-state index contributed by atoms with van der Waals surface area (Å²) >= 11 is 0. The lowest BCUT2D eigenvalue weighted by molar-refractivity contribution is -0.150. The molecule has 0 spiro atoms. The highest BCUT2D eigenvalue weighted by Crippen LogP contribution is 2.36. The lowest BCUT2D eigenvalue weighted by atomic mass is 9.74. The Hall–Kier alpha value is -3.15. The van der Waals surface area contributed by atoms with E-state index in [-0.39, 0.29) is 18.4 Å². The highest BCUT2D eigenvalue weighted by Gasteiger charge is 2.39. The molecule has 1 fully saturated rings. The molecular formula is C22H24N2O4. The molecule has 0 radical (unpaired) electrons.